The van der Waals surface area contributed by atoms with Crippen molar-refractivity contribution in [1.29, 1.82) is 0 Å². The molecule has 9 nitrogen and oxygen atoms in total. The minimum absolute atomic E-state index is 0.0732. The first kappa shape index (κ1) is 24.4. The third kappa shape index (κ3) is 4.91. The van der Waals surface area contributed by atoms with E-state index in [1.165, 1.54) is 25.3 Å². The molecule has 2 atom stereocenters. The second kappa shape index (κ2) is 9.51. The van der Waals surface area contributed by atoms with E-state index >= 15 is 0 Å². The normalized spacial score (nSPS) is 13.7. The minimum Gasteiger partial charge on any atom is -0.414 e. The lowest BCUT2D eigenvalue weighted by Gasteiger charge is -2.13. The van der Waals surface area contributed by atoms with Gasteiger partial charge >= 0.3 is 0 Å². The summed E-state index contributed by atoms with van der Waals surface area (Å²) in [7, 11) is -3.38. The fourth-order valence-corrected chi connectivity index (χ4v) is 4.39. The minimum atomic E-state index is -3.38. The largest absolute Gasteiger partial charge is 0.414 e. The number of rotatable bonds is 7. The Bertz CT molecular complexity index is 1440. The fourth-order valence-electron chi connectivity index (χ4n) is 3.33. The van der Waals surface area contributed by atoms with Gasteiger partial charge in [0.2, 0.25) is 5.89 Å². The van der Waals surface area contributed by atoms with Gasteiger partial charge in [0.15, 0.2) is 21.3 Å². The van der Waals surface area contributed by atoms with E-state index in [4.69, 9.17) is 15.9 Å². The Morgan fingerprint density at radius 3 is 2.11 bits per heavy atom. The molecule has 0 aliphatic carbocycles. The van der Waals surface area contributed by atoms with Crippen molar-refractivity contribution >= 4 is 15.7 Å². The Morgan fingerprint density at radius 2 is 1.51 bits per heavy atom. The van der Waals surface area contributed by atoms with Gasteiger partial charge in [-0.1, -0.05) is 24.3 Å². The van der Waals surface area contributed by atoms with Crippen LogP contribution in [0.3, 0.4) is 0 Å². The van der Waals surface area contributed by atoms with Crippen molar-refractivity contribution in [3.05, 3.63) is 60.3 Å². The molecule has 2 unspecified atom stereocenters. The molecule has 182 valence electrons. The van der Waals surface area contributed by atoms with E-state index in [2.05, 4.69) is 20.2 Å². The quantitative estimate of drug-likeness (QED) is 0.387. The maximum Gasteiger partial charge on any atom is 0.270 e. The lowest BCUT2D eigenvalue weighted by molar-refractivity contribution is 0.309. The van der Waals surface area contributed by atoms with Crippen LogP contribution in [0, 0.1) is 0 Å². The number of nitrogens with zero attached hydrogens (tertiary/aromatic N) is 4. The van der Waals surface area contributed by atoms with Crippen molar-refractivity contribution in [3.8, 4) is 34.3 Å². The highest BCUT2D eigenvalue weighted by atomic mass is 32.2. The Kier molecular flexibility index (Phi) is 6.64. The van der Waals surface area contributed by atoms with Crippen LogP contribution in [0.2, 0.25) is 0 Å². The molecule has 35 heavy (non-hydrogen) atoms. The van der Waals surface area contributed by atoms with E-state index in [0.29, 0.717) is 22.4 Å². The van der Waals surface area contributed by atoms with Crippen molar-refractivity contribution in [2.75, 3.05) is 5.73 Å². The first-order chi connectivity index (χ1) is 16.6. The highest BCUT2D eigenvalue weighted by Gasteiger charge is 2.20. The second-order valence-corrected chi connectivity index (χ2v) is 10.8. The van der Waals surface area contributed by atoms with Gasteiger partial charge < -0.3 is 15.9 Å². The predicted octanol–water partition coefficient (Wildman–Crippen LogP) is 3.98. The fraction of sp³-hybridized carbons (Fsp3) is 0.250. The van der Waals surface area contributed by atoms with E-state index in [1.807, 2.05) is 0 Å². The van der Waals surface area contributed by atoms with Crippen LogP contribution in [0.5, 0.6) is 0 Å². The third-order valence-electron chi connectivity index (χ3n) is 5.56. The number of alkyl halides is 1. The number of hydrogen-bond acceptors (Lipinski definition) is 9. The summed E-state index contributed by atoms with van der Waals surface area (Å²) < 4.78 is 44.0. The number of halogens is 1. The predicted molar refractivity (Wildman–Crippen MR) is 130 cm³/mol. The molecule has 2 aromatic heterocycles. The molecule has 0 radical (unpaired) electrons. The van der Waals surface area contributed by atoms with E-state index in [-0.39, 0.29) is 28.2 Å². The molecular formula is C24H25FN6O3S. The number of anilines is 1. The van der Waals surface area contributed by atoms with Crippen LogP contribution in [0.15, 0.2) is 64.0 Å². The van der Waals surface area contributed by atoms with E-state index < -0.39 is 27.3 Å². The monoisotopic (exact) mass is 496 g/mol. The number of benzene rings is 2. The van der Waals surface area contributed by atoms with E-state index in [1.54, 1.807) is 50.2 Å². The smallest absolute Gasteiger partial charge is 0.270 e. The lowest BCUT2D eigenvalue weighted by Crippen LogP contribution is -2.19. The summed E-state index contributed by atoms with van der Waals surface area (Å²) >= 11 is 0. The molecule has 4 N–H and O–H groups in total. The van der Waals surface area contributed by atoms with E-state index in [9.17, 15) is 12.8 Å². The van der Waals surface area contributed by atoms with Gasteiger partial charge in [0.25, 0.3) is 5.89 Å². The van der Waals surface area contributed by atoms with Crippen LogP contribution >= 0.6 is 0 Å². The maximum absolute atomic E-state index is 13.5. The summed E-state index contributed by atoms with van der Waals surface area (Å²) in [5.74, 6) is 0.397. The summed E-state index contributed by atoms with van der Waals surface area (Å²) in [6, 6.07) is 12.5. The van der Waals surface area contributed by atoms with Gasteiger partial charge in [0.05, 0.1) is 28.1 Å². The molecule has 11 heteroatoms. The molecule has 4 rings (SSSR count). The zero-order valence-electron chi connectivity index (χ0n) is 19.4. The maximum atomic E-state index is 13.5. The average molecular weight is 497 g/mol. The van der Waals surface area contributed by atoms with Crippen LogP contribution < -0.4 is 11.5 Å². The number of sulfone groups is 1. The number of aromatic nitrogens is 4. The molecule has 0 bridgehead atoms. The van der Waals surface area contributed by atoms with Gasteiger partial charge in [0, 0.05) is 11.1 Å². The highest BCUT2D eigenvalue weighted by molar-refractivity contribution is 7.92. The van der Waals surface area contributed by atoms with Crippen LogP contribution in [0.25, 0.3) is 34.3 Å². The zero-order chi connectivity index (χ0) is 25.3. The van der Waals surface area contributed by atoms with Gasteiger partial charge in [-0.2, -0.15) is 0 Å². The SMILES string of the molecule is CC(F)C(N)c1ccc(-c2nnc(-c3nc(-c4ccc(S(=O)(=O)C(C)C)cc4)cnc3N)o2)cc1. The van der Waals surface area contributed by atoms with Gasteiger partial charge in [-0.3, -0.25) is 0 Å². The summed E-state index contributed by atoms with van der Waals surface area (Å²) in [5, 5.41) is 7.58. The molecule has 0 fully saturated rings. The van der Waals surface area contributed by atoms with Crippen molar-refractivity contribution in [2.24, 2.45) is 5.73 Å². The lowest BCUT2D eigenvalue weighted by atomic mass is 10.0. The number of hydrogen-bond donors (Lipinski definition) is 2. The summed E-state index contributed by atoms with van der Waals surface area (Å²) in [4.78, 5) is 8.92. The summed E-state index contributed by atoms with van der Waals surface area (Å²) in [6.07, 6.45) is 0.302. The van der Waals surface area contributed by atoms with Crippen LogP contribution in [-0.2, 0) is 9.84 Å². The van der Waals surface area contributed by atoms with Gasteiger partial charge in [-0.05, 0) is 50.6 Å². The van der Waals surface area contributed by atoms with E-state index in [0.717, 1.165) is 0 Å². The molecule has 2 heterocycles. The van der Waals surface area contributed by atoms with Crippen LogP contribution in [0.1, 0.15) is 32.4 Å². The van der Waals surface area contributed by atoms with Crippen LogP contribution in [-0.4, -0.2) is 40.0 Å². The Labute approximate surface area is 202 Å². The molecule has 0 saturated heterocycles. The van der Waals surface area contributed by atoms with Crippen molar-refractivity contribution in [2.45, 2.75) is 43.1 Å². The Hall–Kier alpha value is -3.70. The Balaban J connectivity index is 1.62. The standard InChI is InChI=1S/C24H25FN6O3S/c1-13(2)35(32,33)18-10-8-15(9-11-18)19-12-28-22(27)21(29-19)24-31-30-23(34-24)17-6-4-16(5-7-17)20(26)14(3)25/h4-14,20H,26H2,1-3H3,(H2,27,28). The molecular weight excluding hydrogens is 471 g/mol. The molecule has 0 amide bonds. The molecule has 0 saturated carbocycles. The zero-order valence-corrected chi connectivity index (χ0v) is 20.2. The summed E-state index contributed by atoms with van der Waals surface area (Å²) in [5.41, 5.74) is 14.4. The average Bonchev–Trinajstić information content (AvgIpc) is 3.34. The highest BCUT2D eigenvalue weighted by Crippen LogP contribution is 2.29. The molecule has 0 aliphatic rings. The van der Waals surface area contributed by atoms with Crippen LogP contribution in [0.4, 0.5) is 10.2 Å². The number of nitrogens with two attached hydrogens (primary N) is 2. The summed E-state index contributed by atoms with van der Waals surface area (Å²) in [6.45, 7) is 4.67. The second-order valence-electron chi connectivity index (χ2n) is 8.34. The van der Waals surface area contributed by atoms with Crippen molar-refractivity contribution in [3.63, 3.8) is 0 Å². The molecule has 4 aromatic rings. The third-order valence-corrected chi connectivity index (χ3v) is 7.74. The number of nitrogen functional groups attached to an aromatic ring is 1. The Morgan fingerprint density at radius 1 is 0.914 bits per heavy atom. The van der Waals surface area contributed by atoms with Crippen molar-refractivity contribution < 1.29 is 17.2 Å². The first-order valence-corrected chi connectivity index (χ1v) is 12.4. The molecule has 0 aliphatic heterocycles. The van der Waals surface area contributed by atoms with Gasteiger partial charge in [-0.15, -0.1) is 10.2 Å². The topological polar surface area (TPSA) is 151 Å². The van der Waals surface area contributed by atoms with Crippen molar-refractivity contribution in [1.82, 2.24) is 20.2 Å². The molecule has 2 aromatic carbocycles. The first-order valence-electron chi connectivity index (χ1n) is 10.9. The van der Waals surface area contributed by atoms with Gasteiger partial charge in [0.1, 0.15) is 6.17 Å². The molecule has 0 spiro atoms. The van der Waals surface area contributed by atoms with Gasteiger partial charge in [-0.25, -0.2) is 22.8 Å².